The fraction of sp³-hybridized carbons (Fsp3) is 0.259. The Morgan fingerprint density at radius 2 is 1.69 bits per heavy atom. The molecule has 0 aliphatic carbocycles. The van der Waals surface area contributed by atoms with Gasteiger partial charge in [-0.3, -0.25) is 14.1 Å². The molecule has 2 atom stereocenters. The quantitative estimate of drug-likeness (QED) is 0.0703. The first-order valence-electron chi connectivity index (χ1n) is 13.0. The van der Waals surface area contributed by atoms with Crippen LogP contribution in [0.25, 0.3) is 0 Å². The van der Waals surface area contributed by atoms with Crippen molar-refractivity contribution in [3.8, 4) is 0 Å². The van der Waals surface area contributed by atoms with Crippen LogP contribution in [0, 0.1) is 0 Å². The second-order valence-electron chi connectivity index (χ2n) is 9.98. The highest BCUT2D eigenvalue weighted by atomic mass is 32.2. The maximum absolute atomic E-state index is 13.4. The van der Waals surface area contributed by atoms with Gasteiger partial charge in [0.1, 0.15) is 24.4 Å². The Kier molecular flexibility index (Phi) is 9.69. The Balaban J connectivity index is 1.57. The van der Waals surface area contributed by atoms with Crippen molar-refractivity contribution in [3.63, 3.8) is 0 Å². The molecular formula is C27H28N6O10S2. The smallest absolute Gasteiger partial charge is 0.404 e. The zero-order valence-corrected chi connectivity index (χ0v) is 25.4. The number of ether oxygens (including phenoxy) is 2. The minimum atomic E-state index is -5.07. The molecule has 2 unspecified atom stereocenters. The number of benzene rings is 2. The number of carbonyl (C=O) groups excluding carboxylic acids is 4. The van der Waals surface area contributed by atoms with Gasteiger partial charge in [-0.05, 0) is 25.0 Å². The fourth-order valence-corrected chi connectivity index (χ4v) is 5.55. The number of oxime groups is 1. The molecule has 1 aliphatic rings. The Morgan fingerprint density at radius 3 is 2.18 bits per heavy atom. The summed E-state index contributed by atoms with van der Waals surface area (Å²) in [6.07, 6.45) is -2.10. The topological polar surface area (TPSA) is 243 Å². The number of nitrogen functional groups attached to an aromatic ring is 1. The molecule has 4 rings (SSSR count). The van der Waals surface area contributed by atoms with Gasteiger partial charge in [-0.15, -0.1) is 11.3 Å². The monoisotopic (exact) mass is 660 g/mol. The van der Waals surface area contributed by atoms with Crippen LogP contribution in [-0.4, -0.2) is 76.1 Å². The molecule has 1 aromatic heterocycles. The Bertz CT molecular complexity index is 1670. The van der Waals surface area contributed by atoms with Gasteiger partial charge in [-0.1, -0.05) is 65.8 Å². The molecule has 1 saturated heterocycles. The summed E-state index contributed by atoms with van der Waals surface area (Å²) in [6, 6.07) is 14.8. The predicted molar refractivity (Wildman–Crippen MR) is 159 cm³/mol. The summed E-state index contributed by atoms with van der Waals surface area (Å²) in [7, 11) is -5.07. The second-order valence-corrected chi connectivity index (χ2v) is 12.2. The fourth-order valence-electron chi connectivity index (χ4n) is 4.13. The van der Waals surface area contributed by atoms with E-state index in [0.29, 0.717) is 11.1 Å². The van der Waals surface area contributed by atoms with Gasteiger partial charge >= 0.3 is 22.4 Å². The molecule has 2 aromatic carbocycles. The van der Waals surface area contributed by atoms with Crippen molar-refractivity contribution in [2.24, 2.45) is 10.9 Å². The van der Waals surface area contributed by atoms with Gasteiger partial charge in [0.15, 0.2) is 16.9 Å². The summed E-state index contributed by atoms with van der Waals surface area (Å²) in [5, 5.41) is 7.50. The number of carbonyl (C=O) groups is 4. The molecule has 18 heteroatoms. The third-order valence-corrected chi connectivity index (χ3v) is 7.99. The highest BCUT2D eigenvalue weighted by Gasteiger charge is 2.55. The molecule has 0 bridgehead atoms. The van der Waals surface area contributed by atoms with Crippen molar-refractivity contribution in [2.45, 2.75) is 37.6 Å². The molecule has 0 spiro atoms. The average molecular weight is 661 g/mol. The molecular weight excluding hydrogens is 632 g/mol. The SMILES string of the molecule is CC(C)(O/N=C(\C(=O)NC1C(=O)N(S(=O)(=O)O)C1COC(N)=O)c1csc(N)n1)C(=O)OC(c1ccccc1)c1ccccc1. The maximum Gasteiger partial charge on any atom is 0.404 e. The first-order valence-corrected chi connectivity index (χ1v) is 15.3. The van der Waals surface area contributed by atoms with Gasteiger partial charge in [0, 0.05) is 5.38 Å². The van der Waals surface area contributed by atoms with Crippen LogP contribution in [0.2, 0.25) is 0 Å². The van der Waals surface area contributed by atoms with Crippen molar-refractivity contribution in [3.05, 3.63) is 82.9 Å². The molecule has 45 heavy (non-hydrogen) atoms. The summed E-state index contributed by atoms with van der Waals surface area (Å²) < 4.78 is 43.2. The van der Waals surface area contributed by atoms with E-state index in [-0.39, 0.29) is 15.1 Å². The Labute approximate surface area is 260 Å². The Morgan fingerprint density at radius 1 is 1.11 bits per heavy atom. The number of aromatic nitrogens is 1. The minimum Gasteiger partial charge on any atom is -0.450 e. The molecule has 3 amide bonds. The zero-order chi connectivity index (χ0) is 32.9. The van der Waals surface area contributed by atoms with E-state index in [9.17, 15) is 32.1 Å². The largest absolute Gasteiger partial charge is 0.450 e. The number of primary amides is 1. The third kappa shape index (κ3) is 7.72. The van der Waals surface area contributed by atoms with Crippen molar-refractivity contribution in [2.75, 3.05) is 12.3 Å². The van der Waals surface area contributed by atoms with E-state index in [1.54, 1.807) is 48.5 Å². The minimum absolute atomic E-state index is 0.0179. The lowest BCUT2D eigenvalue weighted by Crippen LogP contribution is -2.73. The summed E-state index contributed by atoms with van der Waals surface area (Å²) in [5.74, 6) is -3.18. The van der Waals surface area contributed by atoms with Gasteiger partial charge in [0.05, 0.1) is 0 Å². The van der Waals surface area contributed by atoms with Crippen LogP contribution in [0.4, 0.5) is 9.93 Å². The average Bonchev–Trinajstić information content (AvgIpc) is 3.42. The van der Waals surface area contributed by atoms with E-state index in [4.69, 9.17) is 21.0 Å². The van der Waals surface area contributed by atoms with Crippen LogP contribution >= 0.6 is 11.3 Å². The number of rotatable bonds is 12. The maximum atomic E-state index is 13.4. The van der Waals surface area contributed by atoms with E-state index < -0.39 is 70.3 Å². The van der Waals surface area contributed by atoms with Crippen LogP contribution in [0.1, 0.15) is 36.8 Å². The first-order chi connectivity index (χ1) is 21.2. The normalized spacial score (nSPS) is 16.9. The molecule has 16 nitrogen and oxygen atoms in total. The number of nitrogens with one attached hydrogen (secondary N) is 1. The van der Waals surface area contributed by atoms with Gasteiger partial charge in [-0.2, -0.15) is 8.42 Å². The number of β-lactam (4-membered cyclic amide) rings is 1. The van der Waals surface area contributed by atoms with Crippen molar-refractivity contribution in [1.82, 2.24) is 14.6 Å². The molecule has 3 aromatic rings. The second kappa shape index (κ2) is 13.3. The molecule has 1 fully saturated rings. The summed E-state index contributed by atoms with van der Waals surface area (Å²) >= 11 is 0.948. The van der Waals surface area contributed by atoms with E-state index in [0.717, 1.165) is 11.3 Å². The van der Waals surface area contributed by atoms with Gasteiger partial charge < -0.3 is 31.1 Å². The number of amides is 3. The molecule has 0 radical (unpaired) electrons. The zero-order valence-electron chi connectivity index (χ0n) is 23.7. The van der Waals surface area contributed by atoms with E-state index >= 15 is 0 Å². The third-order valence-electron chi connectivity index (χ3n) is 6.37. The van der Waals surface area contributed by atoms with Crippen molar-refractivity contribution in [1.29, 1.82) is 0 Å². The summed E-state index contributed by atoms with van der Waals surface area (Å²) in [4.78, 5) is 59.9. The molecule has 0 saturated carbocycles. The predicted octanol–water partition coefficient (Wildman–Crippen LogP) is 1.15. The van der Waals surface area contributed by atoms with Crippen LogP contribution < -0.4 is 16.8 Å². The van der Waals surface area contributed by atoms with E-state index in [1.807, 2.05) is 12.1 Å². The number of hydrogen-bond acceptors (Lipinski definition) is 13. The Hall–Kier alpha value is -5.07. The number of anilines is 1. The van der Waals surface area contributed by atoms with Gasteiger partial charge in [0.25, 0.3) is 11.8 Å². The standard InChI is InChI=1S/C27H28N6O10S2/c1-27(2,24(36)42-21(15-9-5-3-6-10-15)16-11-7-4-8-12-16)43-32-19(17-14-44-25(28)30-17)22(34)31-20-18(13-41-26(29)37)33(23(20)35)45(38,39)40/h3-12,14,18,20-21H,13H2,1-2H3,(H2,28,30)(H2,29,37)(H,31,34)(H,38,39,40)/b32-19-. The highest BCUT2D eigenvalue weighted by molar-refractivity contribution is 7.84. The number of esters is 1. The first kappa shape index (κ1) is 32.8. The van der Waals surface area contributed by atoms with Gasteiger partial charge in [-0.25, -0.2) is 18.9 Å². The van der Waals surface area contributed by atoms with Crippen LogP contribution in [0.15, 0.2) is 71.2 Å². The molecule has 6 N–H and O–H groups in total. The number of hydrogen-bond donors (Lipinski definition) is 4. The lowest BCUT2D eigenvalue weighted by molar-refractivity contribution is -0.172. The molecule has 238 valence electrons. The van der Waals surface area contributed by atoms with Crippen molar-refractivity contribution < 1.29 is 46.5 Å². The van der Waals surface area contributed by atoms with Crippen molar-refractivity contribution >= 4 is 56.4 Å². The van der Waals surface area contributed by atoms with E-state index in [2.05, 4.69) is 20.2 Å². The summed E-state index contributed by atoms with van der Waals surface area (Å²) in [5.41, 5.74) is 9.60. The molecule has 1 aliphatic heterocycles. The van der Waals surface area contributed by atoms with Gasteiger partial charge in [0.2, 0.25) is 5.60 Å². The number of nitrogens with two attached hydrogens (primary N) is 2. The van der Waals surface area contributed by atoms with E-state index in [1.165, 1.54) is 19.2 Å². The highest BCUT2D eigenvalue weighted by Crippen LogP contribution is 2.29. The van der Waals surface area contributed by atoms with Crippen LogP contribution in [0.5, 0.6) is 0 Å². The lowest BCUT2D eigenvalue weighted by Gasteiger charge is -2.43. The number of nitrogens with zero attached hydrogens (tertiary/aromatic N) is 3. The molecule has 2 heterocycles. The lowest BCUT2D eigenvalue weighted by atomic mass is 9.99. The van der Waals surface area contributed by atoms with Crippen LogP contribution in [0.3, 0.4) is 0 Å². The number of thiazole rings is 1. The van der Waals surface area contributed by atoms with Crippen LogP contribution in [-0.2, 0) is 39.0 Å². The summed E-state index contributed by atoms with van der Waals surface area (Å²) in [6.45, 7) is 1.93.